The molecule has 1 aliphatic carbocycles. The Balaban J connectivity index is 1.78. The van der Waals surface area contributed by atoms with Gasteiger partial charge in [-0.3, -0.25) is 4.79 Å². The molecule has 1 heteroatoms. The molecule has 0 amide bonds. The van der Waals surface area contributed by atoms with Crippen molar-refractivity contribution in [3.8, 4) is 0 Å². The summed E-state index contributed by atoms with van der Waals surface area (Å²) in [5.74, 6) is 2.10. The molecular weight excluding hydrogens is 196 g/mol. The Morgan fingerprint density at radius 3 is 2.62 bits per heavy atom. The molecule has 0 bridgehead atoms. The van der Waals surface area contributed by atoms with Crippen molar-refractivity contribution in [2.75, 3.05) is 0 Å². The standard InChI is InChI=1S/C15H20O/c1-11(2)15(16)9-8-13-10-14(13)12-6-4-3-5-7-12/h3-7,11,13-14H,8-10H2,1-2H3. The molecule has 1 aliphatic rings. The molecule has 0 aliphatic heterocycles. The smallest absolute Gasteiger partial charge is 0.135 e. The number of benzene rings is 1. The van der Waals surface area contributed by atoms with Crippen LogP contribution >= 0.6 is 0 Å². The predicted molar refractivity (Wildman–Crippen MR) is 66.4 cm³/mol. The normalized spacial score (nSPS) is 23.4. The van der Waals surface area contributed by atoms with Crippen LogP contribution in [0.25, 0.3) is 0 Å². The Morgan fingerprint density at radius 1 is 1.31 bits per heavy atom. The number of ketones is 1. The molecule has 1 aromatic rings. The van der Waals surface area contributed by atoms with E-state index in [-0.39, 0.29) is 5.92 Å². The van der Waals surface area contributed by atoms with Crippen LogP contribution in [-0.4, -0.2) is 5.78 Å². The number of carbonyl (C=O) groups excluding carboxylic acids is 1. The molecule has 1 saturated carbocycles. The fourth-order valence-corrected chi connectivity index (χ4v) is 2.29. The number of carbonyl (C=O) groups is 1. The molecule has 0 spiro atoms. The van der Waals surface area contributed by atoms with Gasteiger partial charge in [0, 0.05) is 12.3 Å². The second kappa shape index (κ2) is 4.82. The molecule has 86 valence electrons. The van der Waals surface area contributed by atoms with Gasteiger partial charge in [0.05, 0.1) is 0 Å². The topological polar surface area (TPSA) is 17.1 Å². The third-order valence-electron chi connectivity index (χ3n) is 3.56. The third-order valence-corrected chi connectivity index (χ3v) is 3.56. The van der Waals surface area contributed by atoms with Crippen molar-refractivity contribution in [1.29, 1.82) is 0 Å². The fraction of sp³-hybridized carbons (Fsp3) is 0.533. The first-order valence-electron chi connectivity index (χ1n) is 6.26. The summed E-state index contributed by atoms with van der Waals surface area (Å²) >= 11 is 0. The lowest BCUT2D eigenvalue weighted by Gasteiger charge is -2.03. The second-order valence-electron chi connectivity index (χ2n) is 5.17. The van der Waals surface area contributed by atoms with Crippen LogP contribution in [0.1, 0.15) is 44.6 Å². The van der Waals surface area contributed by atoms with Crippen LogP contribution in [0, 0.1) is 11.8 Å². The maximum atomic E-state index is 11.5. The van der Waals surface area contributed by atoms with Crippen LogP contribution in [0.4, 0.5) is 0 Å². The zero-order valence-electron chi connectivity index (χ0n) is 10.1. The second-order valence-corrected chi connectivity index (χ2v) is 5.17. The van der Waals surface area contributed by atoms with Crippen molar-refractivity contribution in [2.24, 2.45) is 11.8 Å². The lowest BCUT2D eigenvalue weighted by molar-refractivity contribution is -0.122. The van der Waals surface area contributed by atoms with Crippen LogP contribution in [0.15, 0.2) is 30.3 Å². The van der Waals surface area contributed by atoms with Crippen LogP contribution in [0.3, 0.4) is 0 Å². The van der Waals surface area contributed by atoms with Crippen molar-refractivity contribution in [2.45, 2.75) is 39.0 Å². The van der Waals surface area contributed by atoms with E-state index in [9.17, 15) is 4.79 Å². The molecule has 1 fully saturated rings. The minimum absolute atomic E-state index is 0.203. The highest BCUT2D eigenvalue weighted by molar-refractivity contribution is 5.80. The van der Waals surface area contributed by atoms with E-state index in [1.807, 2.05) is 13.8 Å². The van der Waals surface area contributed by atoms with E-state index in [1.54, 1.807) is 0 Å². The van der Waals surface area contributed by atoms with Gasteiger partial charge in [-0.25, -0.2) is 0 Å². The minimum atomic E-state index is 0.203. The maximum absolute atomic E-state index is 11.5. The summed E-state index contributed by atoms with van der Waals surface area (Å²) in [6.45, 7) is 3.98. The first-order chi connectivity index (χ1) is 7.68. The van der Waals surface area contributed by atoms with Crippen LogP contribution < -0.4 is 0 Å². The molecule has 0 aromatic heterocycles. The lowest BCUT2D eigenvalue weighted by Crippen LogP contribution is -2.06. The Hall–Kier alpha value is -1.11. The highest BCUT2D eigenvalue weighted by Crippen LogP contribution is 2.50. The summed E-state index contributed by atoms with van der Waals surface area (Å²) in [7, 11) is 0. The van der Waals surface area contributed by atoms with Gasteiger partial charge in [0.15, 0.2) is 0 Å². The Labute approximate surface area is 97.9 Å². The van der Waals surface area contributed by atoms with E-state index >= 15 is 0 Å². The first kappa shape index (κ1) is 11.4. The molecule has 0 radical (unpaired) electrons. The van der Waals surface area contributed by atoms with Gasteiger partial charge in [0.25, 0.3) is 0 Å². The summed E-state index contributed by atoms with van der Waals surface area (Å²) < 4.78 is 0. The molecule has 2 atom stereocenters. The van der Waals surface area contributed by atoms with Crippen molar-refractivity contribution in [1.82, 2.24) is 0 Å². The Bertz CT molecular complexity index is 353. The van der Waals surface area contributed by atoms with E-state index in [0.29, 0.717) is 5.78 Å². The number of rotatable bonds is 5. The van der Waals surface area contributed by atoms with Crippen LogP contribution in [0.2, 0.25) is 0 Å². The summed E-state index contributed by atoms with van der Waals surface area (Å²) in [4.78, 5) is 11.5. The zero-order valence-corrected chi connectivity index (χ0v) is 10.1. The van der Waals surface area contributed by atoms with Crippen molar-refractivity contribution >= 4 is 5.78 Å². The summed E-state index contributed by atoms with van der Waals surface area (Å²) in [6, 6.07) is 10.7. The van der Waals surface area contributed by atoms with Crippen molar-refractivity contribution < 1.29 is 4.79 Å². The first-order valence-corrected chi connectivity index (χ1v) is 6.26. The molecule has 0 saturated heterocycles. The fourth-order valence-electron chi connectivity index (χ4n) is 2.29. The van der Waals surface area contributed by atoms with Crippen molar-refractivity contribution in [3.05, 3.63) is 35.9 Å². The minimum Gasteiger partial charge on any atom is -0.299 e. The van der Waals surface area contributed by atoms with E-state index in [4.69, 9.17) is 0 Å². The molecule has 2 rings (SSSR count). The third kappa shape index (κ3) is 2.72. The number of hydrogen-bond acceptors (Lipinski definition) is 1. The van der Waals surface area contributed by atoms with Gasteiger partial charge in [-0.2, -0.15) is 0 Å². The number of hydrogen-bond donors (Lipinski definition) is 0. The van der Waals surface area contributed by atoms with Crippen molar-refractivity contribution in [3.63, 3.8) is 0 Å². The lowest BCUT2D eigenvalue weighted by atomic mass is 10.0. The summed E-state index contributed by atoms with van der Waals surface area (Å²) in [5, 5.41) is 0. The average Bonchev–Trinajstić information content (AvgIpc) is 3.06. The monoisotopic (exact) mass is 216 g/mol. The molecule has 16 heavy (non-hydrogen) atoms. The summed E-state index contributed by atoms with van der Waals surface area (Å²) in [5.41, 5.74) is 1.45. The highest BCUT2D eigenvalue weighted by Gasteiger charge is 2.37. The molecule has 1 nitrogen and oxygen atoms in total. The zero-order chi connectivity index (χ0) is 11.5. The van der Waals surface area contributed by atoms with Gasteiger partial charge >= 0.3 is 0 Å². The molecule has 2 unspecified atom stereocenters. The molecule has 0 N–H and O–H groups in total. The van der Waals surface area contributed by atoms with E-state index < -0.39 is 0 Å². The van der Waals surface area contributed by atoms with Gasteiger partial charge in [-0.15, -0.1) is 0 Å². The van der Waals surface area contributed by atoms with Gasteiger partial charge in [0.2, 0.25) is 0 Å². The molecule has 0 heterocycles. The van der Waals surface area contributed by atoms with E-state index in [2.05, 4.69) is 30.3 Å². The SMILES string of the molecule is CC(C)C(=O)CCC1CC1c1ccccc1. The predicted octanol–water partition coefficient (Wildman–Crippen LogP) is 3.80. The number of Topliss-reactive ketones (excluding diaryl/α,β-unsaturated/α-hetero) is 1. The quantitative estimate of drug-likeness (QED) is 0.731. The van der Waals surface area contributed by atoms with E-state index in [1.165, 1.54) is 12.0 Å². The van der Waals surface area contributed by atoms with E-state index in [0.717, 1.165) is 24.7 Å². The Morgan fingerprint density at radius 2 is 2.00 bits per heavy atom. The largest absolute Gasteiger partial charge is 0.299 e. The molecule has 1 aromatic carbocycles. The Kier molecular flexibility index (Phi) is 3.42. The van der Waals surface area contributed by atoms with Gasteiger partial charge in [-0.05, 0) is 30.2 Å². The molecular formula is C15H20O. The average molecular weight is 216 g/mol. The summed E-state index contributed by atoms with van der Waals surface area (Å²) in [6.07, 6.45) is 3.12. The van der Waals surface area contributed by atoms with Crippen LogP contribution in [-0.2, 0) is 4.79 Å². The van der Waals surface area contributed by atoms with Gasteiger partial charge in [0.1, 0.15) is 5.78 Å². The van der Waals surface area contributed by atoms with Gasteiger partial charge < -0.3 is 0 Å². The van der Waals surface area contributed by atoms with Crippen LogP contribution in [0.5, 0.6) is 0 Å². The van der Waals surface area contributed by atoms with Gasteiger partial charge in [-0.1, -0.05) is 44.2 Å². The maximum Gasteiger partial charge on any atom is 0.135 e. The highest BCUT2D eigenvalue weighted by atomic mass is 16.1.